The predicted molar refractivity (Wildman–Crippen MR) is 93.3 cm³/mol. The Morgan fingerprint density at radius 1 is 1.30 bits per heavy atom. The highest BCUT2D eigenvalue weighted by molar-refractivity contribution is 8.00. The average Bonchev–Trinajstić information content (AvgIpc) is 3.05. The number of nitrogens with zero attached hydrogens (tertiary/aromatic N) is 3. The van der Waals surface area contributed by atoms with Gasteiger partial charge in [0.2, 0.25) is 0 Å². The maximum atomic E-state index is 12.9. The van der Waals surface area contributed by atoms with E-state index >= 15 is 0 Å². The number of carbonyl (C=O) groups excluding carboxylic acids is 1. The Labute approximate surface area is 140 Å². The Kier molecular flexibility index (Phi) is 4.63. The van der Waals surface area contributed by atoms with Gasteiger partial charge < -0.3 is 10.6 Å². The van der Waals surface area contributed by atoms with Gasteiger partial charge in [-0.25, -0.2) is 4.98 Å². The Bertz CT molecular complexity index is 734. The fourth-order valence-corrected chi connectivity index (χ4v) is 3.77. The van der Waals surface area contributed by atoms with Gasteiger partial charge in [-0.3, -0.25) is 9.78 Å². The van der Waals surface area contributed by atoms with Crippen molar-refractivity contribution in [2.24, 2.45) is 5.73 Å². The number of hydrogen-bond acceptors (Lipinski definition) is 5. The van der Waals surface area contributed by atoms with E-state index in [-0.39, 0.29) is 11.3 Å². The van der Waals surface area contributed by atoms with Gasteiger partial charge in [-0.2, -0.15) is 0 Å². The van der Waals surface area contributed by atoms with Crippen LogP contribution in [0.25, 0.3) is 11.3 Å². The number of amides is 1. The van der Waals surface area contributed by atoms with Crippen LogP contribution in [0.4, 0.5) is 0 Å². The van der Waals surface area contributed by atoms with Gasteiger partial charge in [0.25, 0.3) is 5.91 Å². The molecule has 1 aromatic carbocycles. The number of rotatable bonds is 3. The maximum absolute atomic E-state index is 12.9. The van der Waals surface area contributed by atoms with E-state index in [1.54, 1.807) is 29.1 Å². The Morgan fingerprint density at radius 2 is 2.09 bits per heavy atom. The Morgan fingerprint density at radius 3 is 2.83 bits per heavy atom. The van der Waals surface area contributed by atoms with Gasteiger partial charge in [0.15, 0.2) is 5.69 Å². The third-order valence-corrected chi connectivity index (χ3v) is 5.38. The van der Waals surface area contributed by atoms with Crippen LogP contribution in [0.5, 0.6) is 0 Å². The Balaban J connectivity index is 2.00. The molecular formula is C17H20N4OS. The first-order chi connectivity index (χ1) is 11.1. The summed E-state index contributed by atoms with van der Waals surface area (Å²) in [7, 11) is 0. The van der Waals surface area contributed by atoms with E-state index in [0.29, 0.717) is 24.5 Å². The molecule has 0 bridgehead atoms. The SMILES string of the molecule is Cc1ccc(-c2nccnc2C(=O)N2CCSC2CN)cc1C. The van der Waals surface area contributed by atoms with Gasteiger partial charge in [0.05, 0.1) is 5.37 Å². The molecule has 2 heterocycles. The van der Waals surface area contributed by atoms with Gasteiger partial charge in [0.1, 0.15) is 5.69 Å². The van der Waals surface area contributed by atoms with E-state index in [1.165, 1.54) is 11.1 Å². The second-order valence-electron chi connectivity index (χ2n) is 5.61. The normalized spacial score (nSPS) is 17.5. The largest absolute Gasteiger partial charge is 0.328 e. The monoisotopic (exact) mass is 328 g/mol. The van der Waals surface area contributed by atoms with Crippen LogP contribution in [0.1, 0.15) is 21.6 Å². The van der Waals surface area contributed by atoms with Gasteiger partial charge >= 0.3 is 0 Å². The van der Waals surface area contributed by atoms with E-state index in [9.17, 15) is 4.79 Å². The second-order valence-corrected chi connectivity index (χ2v) is 6.90. The van der Waals surface area contributed by atoms with Gasteiger partial charge in [0, 0.05) is 36.8 Å². The summed E-state index contributed by atoms with van der Waals surface area (Å²) in [5, 5.41) is 0.0251. The molecule has 6 heteroatoms. The van der Waals surface area contributed by atoms with Crippen molar-refractivity contribution in [1.82, 2.24) is 14.9 Å². The smallest absolute Gasteiger partial charge is 0.275 e. The number of aromatic nitrogens is 2. The minimum Gasteiger partial charge on any atom is -0.328 e. The van der Waals surface area contributed by atoms with Crippen LogP contribution in [0.2, 0.25) is 0 Å². The fourth-order valence-electron chi connectivity index (χ4n) is 2.68. The molecule has 2 N–H and O–H groups in total. The first-order valence-electron chi connectivity index (χ1n) is 7.63. The number of benzene rings is 1. The van der Waals surface area contributed by atoms with E-state index in [4.69, 9.17) is 5.73 Å². The van der Waals surface area contributed by atoms with Crippen molar-refractivity contribution < 1.29 is 4.79 Å². The molecule has 1 unspecified atom stereocenters. The molecule has 0 radical (unpaired) electrons. The molecule has 0 spiro atoms. The molecule has 5 nitrogen and oxygen atoms in total. The first kappa shape index (κ1) is 16.0. The summed E-state index contributed by atoms with van der Waals surface area (Å²) in [6.07, 6.45) is 3.19. The zero-order valence-corrected chi connectivity index (χ0v) is 14.1. The molecular weight excluding hydrogens is 308 g/mol. The lowest BCUT2D eigenvalue weighted by Crippen LogP contribution is -2.39. The number of thioether (sulfide) groups is 1. The maximum Gasteiger partial charge on any atom is 0.275 e. The summed E-state index contributed by atoms with van der Waals surface area (Å²) in [6, 6.07) is 6.08. The molecule has 2 aromatic rings. The molecule has 0 saturated carbocycles. The number of aryl methyl sites for hydroxylation is 2. The van der Waals surface area contributed by atoms with E-state index in [2.05, 4.69) is 29.9 Å². The van der Waals surface area contributed by atoms with Gasteiger partial charge in [-0.15, -0.1) is 11.8 Å². The van der Waals surface area contributed by atoms with Crippen molar-refractivity contribution in [3.05, 3.63) is 47.4 Å². The van der Waals surface area contributed by atoms with Gasteiger partial charge in [-0.05, 0) is 31.0 Å². The number of hydrogen-bond donors (Lipinski definition) is 1. The van der Waals surface area contributed by atoms with Crippen molar-refractivity contribution >= 4 is 17.7 Å². The standard InChI is InChI=1S/C17H20N4OS/c1-11-3-4-13(9-12(11)2)15-16(20-6-5-19-15)17(22)21-7-8-23-14(21)10-18/h3-6,9,14H,7-8,10,18H2,1-2H3. The molecule has 1 amide bonds. The lowest BCUT2D eigenvalue weighted by molar-refractivity contribution is 0.0758. The summed E-state index contributed by atoms with van der Waals surface area (Å²) in [5.41, 5.74) is 10.1. The second kappa shape index (κ2) is 6.68. The summed E-state index contributed by atoms with van der Waals surface area (Å²) in [5.74, 6) is 0.819. The van der Waals surface area contributed by atoms with Crippen LogP contribution in [0.3, 0.4) is 0 Å². The van der Waals surface area contributed by atoms with Crippen molar-refractivity contribution in [3.63, 3.8) is 0 Å². The first-order valence-corrected chi connectivity index (χ1v) is 8.68. The molecule has 1 saturated heterocycles. The van der Waals surface area contributed by atoms with Crippen LogP contribution in [0.15, 0.2) is 30.6 Å². The highest BCUT2D eigenvalue weighted by Crippen LogP contribution is 2.28. The van der Waals surface area contributed by atoms with E-state index in [0.717, 1.165) is 11.3 Å². The molecule has 1 aliphatic heterocycles. The molecule has 1 aromatic heterocycles. The van der Waals surface area contributed by atoms with Crippen LogP contribution in [-0.2, 0) is 0 Å². The molecule has 1 atom stereocenters. The summed E-state index contributed by atoms with van der Waals surface area (Å²) >= 11 is 1.71. The summed E-state index contributed by atoms with van der Waals surface area (Å²) < 4.78 is 0. The molecule has 23 heavy (non-hydrogen) atoms. The Hall–Kier alpha value is -1.92. The van der Waals surface area contributed by atoms with E-state index < -0.39 is 0 Å². The molecule has 3 rings (SSSR count). The van der Waals surface area contributed by atoms with Crippen molar-refractivity contribution in [3.8, 4) is 11.3 Å². The fraction of sp³-hybridized carbons (Fsp3) is 0.353. The molecule has 1 fully saturated rings. The number of nitrogens with two attached hydrogens (primary N) is 1. The van der Waals surface area contributed by atoms with Crippen LogP contribution in [0, 0.1) is 13.8 Å². The van der Waals surface area contributed by atoms with Crippen molar-refractivity contribution in [2.45, 2.75) is 19.2 Å². The molecule has 1 aliphatic rings. The quantitative estimate of drug-likeness (QED) is 0.935. The third-order valence-electron chi connectivity index (χ3n) is 4.13. The van der Waals surface area contributed by atoms with Crippen molar-refractivity contribution in [1.29, 1.82) is 0 Å². The lowest BCUT2D eigenvalue weighted by Gasteiger charge is -2.22. The van der Waals surface area contributed by atoms with Crippen molar-refractivity contribution in [2.75, 3.05) is 18.8 Å². The zero-order valence-electron chi connectivity index (χ0n) is 13.3. The average molecular weight is 328 g/mol. The summed E-state index contributed by atoms with van der Waals surface area (Å²) in [6.45, 7) is 5.28. The summed E-state index contributed by atoms with van der Waals surface area (Å²) in [4.78, 5) is 23.5. The number of carbonyl (C=O) groups is 1. The van der Waals surface area contributed by atoms with Crippen LogP contribution < -0.4 is 5.73 Å². The molecule has 120 valence electrons. The minimum atomic E-state index is -0.0909. The van der Waals surface area contributed by atoms with Crippen LogP contribution in [-0.4, -0.2) is 45.0 Å². The third kappa shape index (κ3) is 3.09. The lowest BCUT2D eigenvalue weighted by atomic mass is 10.0. The van der Waals surface area contributed by atoms with E-state index in [1.807, 2.05) is 12.1 Å². The van der Waals surface area contributed by atoms with Gasteiger partial charge in [-0.1, -0.05) is 12.1 Å². The highest BCUT2D eigenvalue weighted by atomic mass is 32.2. The van der Waals surface area contributed by atoms with Crippen LogP contribution >= 0.6 is 11.8 Å². The zero-order chi connectivity index (χ0) is 16.4. The predicted octanol–water partition coefficient (Wildman–Crippen LogP) is 2.23. The topological polar surface area (TPSA) is 72.1 Å². The molecule has 0 aliphatic carbocycles. The highest BCUT2D eigenvalue weighted by Gasteiger charge is 2.31. The minimum absolute atomic E-state index is 0.0251.